The second-order valence-electron chi connectivity index (χ2n) is 5.55. The number of amides is 1. The molecule has 27 heavy (non-hydrogen) atoms. The maximum absolute atomic E-state index is 12.0. The Bertz CT molecular complexity index is 816. The fourth-order valence-corrected chi connectivity index (χ4v) is 2.33. The average molecular weight is 370 g/mol. The van der Waals surface area contributed by atoms with Gasteiger partial charge in [0.15, 0.2) is 11.5 Å². The van der Waals surface area contributed by atoms with Gasteiger partial charge in [0.1, 0.15) is 0 Å². The van der Waals surface area contributed by atoms with Crippen molar-refractivity contribution in [3.63, 3.8) is 0 Å². The van der Waals surface area contributed by atoms with Crippen molar-refractivity contribution in [2.45, 2.75) is 20.4 Å². The maximum atomic E-state index is 12.0. The summed E-state index contributed by atoms with van der Waals surface area (Å²) in [7, 11) is 0. The van der Waals surface area contributed by atoms with E-state index in [4.69, 9.17) is 9.47 Å². The van der Waals surface area contributed by atoms with E-state index in [0.717, 1.165) is 5.56 Å². The van der Waals surface area contributed by atoms with Crippen LogP contribution in [0.1, 0.15) is 25.0 Å². The number of hydrogen-bond donors (Lipinski definition) is 1. The van der Waals surface area contributed by atoms with Crippen molar-refractivity contribution in [3.8, 4) is 11.5 Å². The van der Waals surface area contributed by atoms with Gasteiger partial charge in [-0.05, 0) is 55.3 Å². The van der Waals surface area contributed by atoms with Gasteiger partial charge in [-0.1, -0.05) is 6.07 Å². The molecular formula is C20H22N2O5. The first-order valence-electron chi connectivity index (χ1n) is 8.62. The van der Waals surface area contributed by atoms with Gasteiger partial charge < -0.3 is 14.8 Å². The van der Waals surface area contributed by atoms with Crippen LogP contribution < -0.4 is 14.8 Å². The Morgan fingerprint density at radius 2 is 1.74 bits per heavy atom. The SMILES string of the molecule is CCOc1ccc(CNC(=O)/C=C/c2ccc([N+](=O)[O-])cc2)cc1OCC. The fourth-order valence-electron chi connectivity index (χ4n) is 2.33. The van der Waals surface area contributed by atoms with Gasteiger partial charge in [-0.3, -0.25) is 14.9 Å². The van der Waals surface area contributed by atoms with Gasteiger partial charge >= 0.3 is 0 Å². The van der Waals surface area contributed by atoms with E-state index in [9.17, 15) is 14.9 Å². The zero-order valence-electron chi connectivity index (χ0n) is 15.3. The van der Waals surface area contributed by atoms with E-state index in [1.807, 2.05) is 32.0 Å². The van der Waals surface area contributed by atoms with Crippen LogP contribution in [-0.2, 0) is 11.3 Å². The number of benzene rings is 2. The Kier molecular flexibility index (Phi) is 7.37. The molecule has 0 aliphatic heterocycles. The zero-order chi connectivity index (χ0) is 19.6. The molecule has 0 unspecified atom stereocenters. The van der Waals surface area contributed by atoms with Gasteiger partial charge in [-0.15, -0.1) is 0 Å². The molecule has 0 atom stereocenters. The second-order valence-corrected chi connectivity index (χ2v) is 5.55. The number of ether oxygens (including phenoxy) is 2. The summed E-state index contributed by atoms with van der Waals surface area (Å²) in [5, 5.41) is 13.4. The largest absolute Gasteiger partial charge is 0.490 e. The van der Waals surface area contributed by atoms with Crippen LogP contribution in [0.2, 0.25) is 0 Å². The molecule has 0 aliphatic carbocycles. The van der Waals surface area contributed by atoms with Crippen LogP contribution in [-0.4, -0.2) is 24.0 Å². The monoisotopic (exact) mass is 370 g/mol. The molecule has 2 aromatic rings. The molecule has 0 heterocycles. The van der Waals surface area contributed by atoms with Crippen molar-refractivity contribution in [1.82, 2.24) is 5.32 Å². The molecular weight excluding hydrogens is 348 g/mol. The van der Waals surface area contributed by atoms with E-state index >= 15 is 0 Å². The number of hydrogen-bond acceptors (Lipinski definition) is 5. The maximum Gasteiger partial charge on any atom is 0.269 e. The molecule has 0 spiro atoms. The number of rotatable bonds is 9. The van der Waals surface area contributed by atoms with Crippen molar-refractivity contribution in [1.29, 1.82) is 0 Å². The number of nitro benzene ring substituents is 1. The number of non-ortho nitro benzene ring substituents is 1. The third-order valence-corrected chi connectivity index (χ3v) is 3.61. The lowest BCUT2D eigenvalue weighted by Gasteiger charge is -2.12. The summed E-state index contributed by atoms with van der Waals surface area (Å²) < 4.78 is 11.1. The average Bonchev–Trinajstić information content (AvgIpc) is 2.67. The van der Waals surface area contributed by atoms with E-state index in [0.29, 0.717) is 36.8 Å². The topological polar surface area (TPSA) is 90.7 Å². The molecule has 0 bridgehead atoms. The smallest absolute Gasteiger partial charge is 0.269 e. The summed E-state index contributed by atoms with van der Waals surface area (Å²) in [5.74, 6) is 1.06. The van der Waals surface area contributed by atoms with Gasteiger partial charge in [-0.2, -0.15) is 0 Å². The lowest BCUT2D eigenvalue weighted by molar-refractivity contribution is -0.384. The molecule has 0 radical (unpaired) electrons. The Labute approximate surface area is 157 Å². The number of carbonyl (C=O) groups excluding carboxylic acids is 1. The lowest BCUT2D eigenvalue weighted by atomic mass is 10.2. The molecule has 2 rings (SSSR count). The molecule has 1 N–H and O–H groups in total. The Morgan fingerprint density at radius 1 is 1.07 bits per heavy atom. The summed E-state index contributed by atoms with van der Waals surface area (Å²) in [4.78, 5) is 22.1. The van der Waals surface area contributed by atoms with E-state index in [1.165, 1.54) is 18.2 Å². The van der Waals surface area contributed by atoms with E-state index in [-0.39, 0.29) is 11.6 Å². The molecule has 1 amide bonds. The van der Waals surface area contributed by atoms with Crippen LogP contribution in [0, 0.1) is 10.1 Å². The van der Waals surface area contributed by atoms with Crippen molar-refractivity contribution in [2.24, 2.45) is 0 Å². The van der Waals surface area contributed by atoms with E-state index in [1.54, 1.807) is 18.2 Å². The highest BCUT2D eigenvalue weighted by molar-refractivity contribution is 5.91. The van der Waals surface area contributed by atoms with E-state index < -0.39 is 4.92 Å². The van der Waals surface area contributed by atoms with Gasteiger partial charge in [-0.25, -0.2) is 0 Å². The lowest BCUT2D eigenvalue weighted by Crippen LogP contribution is -2.20. The first-order chi connectivity index (χ1) is 13.0. The third kappa shape index (κ3) is 6.14. The highest BCUT2D eigenvalue weighted by atomic mass is 16.6. The molecule has 0 saturated heterocycles. The summed E-state index contributed by atoms with van der Waals surface area (Å²) in [6.45, 7) is 5.21. The summed E-state index contributed by atoms with van der Waals surface area (Å²) in [6.07, 6.45) is 2.99. The van der Waals surface area contributed by atoms with Gasteiger partial charge in [0.2, 0.25) is 5.91 Å². The zero-order valence-corrected chi connectivity index (χ0v) is 15.3. The van der Waals surface area contributed by atoms with Crippen LogP contribution in [0.3, 0.4) is 0 Å². The van der Waals surface area contributed by atoms with Crippen molar-refractivity contribution in [2.75, 3.05) is 13.2 Å². The van der Waals surface area contributed by atoms with Crippen LogP contribution in [0.25, 0.3) is 6.08 Å². The molecule has 0 aromatic heterocycles. The summed E-state index contributed by atoms with van der Waals surface area (Å²) in [5.41, 5.74) is 1.60. The highest BCUT2D eigenvalue weighted by Gasteiger charge is 2.07. The van der Waals surface area contributed by atoms with E-state index in [2.05, 4.69) is 5.32 Å². The number of carbonyl (C=O) groups is 1. The normalized spacial score (nSPS) is 10.6. The summed E-state index contributed by atoms with van der Waals surface area (Å²) >= 11 is 0. The van der Waals surface area contributed by atoms with Crippen molar-refractivity contribution in [3.05, 3.63) is 69.8 Å². The number of nitro groups is 1. The summed E-state index contributed by atoms with van der Waals surface area (Å²) in [6, 6.07) is 11.5. The molecule has 0 aliphatic rings. The van der Waals surface area contributed by atoms with Crippen molar-refractivity contribution < 1.29 is 19.2 Å². The molecule has 2 aromatic carbocycles. The Hall–Kier alpha value is -3.35. The van der Waals surface area contributed by atoms with Crippen LogP contribution >= 0.6 is 0 Å². The van der Waals surface area contributed by atoms with Crippen LogP contribution in [0.15, 0.2) is 48.5 Å². The number of nitrogens with one attached hydrogen (secondary N) is 1. The van der Waals surface area contributed by atoms with Gasteiger partial charge in [0.25, 0.3) is 5.69 Å². The molecule has 7 nitrogen and oxygen atoms in total. The van der Waals surface area contributed by atoms with Crippen molar-refractivity contribution >= 4 is 17.7 Å². The fraction of sp³-hybridized carbons (Fsp3) is 0.250. The minimum Gasteiger partial charge on any atom is -0.490 e. The number of nitrogens with zero attached hydrogens (tertiary/aromatic N) is 1. The standard InChI is InChI=1S/C20H22N2O5/c1-3-26-18-11-7-16(13-19(18)27-4-2)14-21-20(23)12-8-15-5-9-17(10-6-15)22(24)25/h5-13H,3-4,14H2,1-2H3,(H,21,23)/b12-8+. The highest BCUT2D eigenvalue weighted by Crippen LogP contribution is 2.28. The molecule has 0 saturated carbocycles. The Morgan fingerprint density at radius 3 is 2.37 bits per heavy atom. The first-order valence-corrected chi connectivity index (χ1v) is 8.62. The van der Waals surface area contributed by atoms with Crippen LogP contribution in [0.5, 0.6) is 11.5 Å². The molecule has 0 fully saturated rings. The minimum absolute atomic E-state index is 0.0113. The second kappa shape index (κ2) is 9.96. The molecule has 7 heteroatoms. The predicted molar refractivity (Wildman–Crippen MR) is 103 cm³/mol. The predicted octanol–water partition coefficient (Wildman–Crippen LogP) is 3.72. The van der Waals surface area contributed by atoms with Crippen LogP contribution in [0.4, 0.5) is 5.69 Å². The third-order valence-electron chi connectivity index (χ3n) is 3.61. The molecule has 142 valence electrons. The Balaban J connectivity index is 1.94. The minimum atomic E-state index is -0.465. The first kappa shape index (κ1) is 20.0. The van der Waals surface area contributed by atoms with Gasteiger partial charge in [0.05, 0.1) is 18.1 Å². The van der Waals surface area contributed by atoms with Gasteiger partial charge in [0, 0.05) is 24.8 Å². The quantitative estimate of drug-likeness (QED) is 0.413.